The first-order valence-corrected chi connectivity index (χ1v) is 4.75. The predicted molar refractivity (Wildman–Crippen MR) is 53.6 cm³/mol. The molecule has 0 spiro atoms. The number of pyridine rings is 1. The van der Waals surface area contributed by atoms with Gasteiger partial charge in [-0.25, -0.2) is 0 Å². The second-order valence-corrected chi connectivity index (χ2v) is 2.98. The van der Waals surface area contributed by atoms with Crippen LogP contribution in [0.15, 0.2) is 22.9 Å². The summed E-state index contributed by atoms with van der Waals surface area (Å²) in [6.45, 7) is 0. The minimum absolute atomic E-state index is 0.195. The van der Waals surface area contributed by atoms with Crippen molar-refractivity contribution in [3.8, 4) is 17.2 Å². The van der Waals surface area contributed by atoms with E-state index in [-0.39, 0.29) is 5.88 Å². The van der Waals surface area contributed by atoms with Gasteiger partial charge in [-0.3, -0.25) is 4.98 Å². The molecular formula is C9H8ClN3O2. The van der Waals surface area contributed by atoms with Gasteiger partial charge < -0.3 is 9.15 Å². The molecule has 2 rings (SSSR count). The molecule has 2 heterocycles. The third-order valence-corrected chi connectivity index (χ3v) is 2.04. The standard InChI is InChI=1S/C9H8ClN3O2/c1-14-7-5-11-3-2-6(7)9-13-12-8(4-10)15-9/h2-3,5H,4H2,1H3. The fourth-order valence-corrected chi connectivity index (χ4v) is 1.24. The Labute approximate surface area is 91.1 Å². The summed E-state index contributed by atoms with van der Waals surface area (Å²) in [4.78, 5) is 3.93. The maximum Gasteiger partial charge on any atom is 0.251 e. The van der Waals surface area contributed by atoms with Crippen LogP contribution in [0.4, 0.5) is 0 Å². The van der Waals surface area contributed by atoms with Gasteiger partial charge in [0.2, 0.25) is 5.89 Å². The summed E-state index contributed by atoms with van der Waals surface area (Å²) in [5, 5.41) is 7.62. The maximum absolute atomic E-state index is 5.56. The van der Waals surface area contributed by atoms with Crippen molar-refractivity contribution in [1.29, 1.82) is 0 Å². The van der Waals surface area contributed by atoms with Gasteiger partial charge in [0.15, 0.2) is 0 Å². The molecule has 0 unspecified atom stereocenters. The van der Waals surface area contributed by atoms with Gasteiger partial charge in [-0.1, -0.05) is 0 Å². The Morgan fingerprint density at radius 1 is 1.47 bits per heavy atom. The Hall–Kier alpha value is -1.62. The number of nitrogens with zero attached hydrogens (tertiary/aromatic N) is 3. The SMILES string of the molecule is COc1cnccc1-c1nnc(CCl)o1. The van der Waals surface area contributed by atoms with Gasteiger partial charge >= 0.3 is 0 Å². The molecule has 0 aromatic carbocycles. The van der Waals surface area contributed by atoms with Crippen LogP contribution in [0.5, 0.6) is 5.75 Å². The molecule has 6 heteroatoms. The second-order valence-electron chi connectivity index (χ2n) is 2.71. The molecular weight excluding hydrogens is 218 g/mol. The van der Waals surface area contributed by atoms with Crippen LogP contribution in [0, 0.1) is 0 Å². The van der Waals surface area contributed by atoms with Gasteiger partial charge in [0, 0.05) is 6.20 Å². The maximum atomic E-state index is 5.56. The molecule has 2 aromatic rings. The number of rotatable bonds is 3. The number of hydrogen-bond donors (Lipinski definition) is 0. The Kier molecular flexibility index (Phi) is 2.82. The minimum atomic E-state index is 0.195. The molecule has 0 amide bonds. The van der Waals surface area contributed by atoms with Crippen LogP contribution in [-0.4, -0.2) is 22.3 Å². The molecule has 0 aliphatic carbocycles. The Balaban J connectivity index is 2.44. The smallest absolute Gasteiger partial charge is 0.251 e. The summed E-state index contributed by atoms with van der Waals surface area (Å²) in [5.41, 5.74) is 0.705. The average Bonchev–Trinajstić information content (AvgIpc) is 2.77. The fraction of sp³-hybridized carbons (Fsp3) is 0.222. The van der Waals surface area contributed by atoms with Crippen LogP contribution in [0.25, 0.3) is 11.5 Å². The average molecular weight is 226 g/mol. The molecule has 0 radical (unpaired) electrons. The molecule has 0 saturated carbocycles. The van der Waals surface area contributed by atoms with Crippen LogP contribution in [0.3, 0.4) is 0 Å². The number of halogens is 1. The third kappa shape index (κ3) is 1.92. The lowest BCUT2D eigenvalue weighted by molar-refractivity contribution is 0.412. The van der Waals surface area contributed by atoms with Crippen molar-refractivity contribution in [2.75, 3.05) is 7.11 Å². The van der Waals surface area contributed by atoms with Crippen molar-refractivity contribution in [2.45, 2.75) is 5.88 Å². The molecule has 0 fully saturated rings. The summed E-state index contributed by atoms with van der Waals surface area (Å²) < 4.78 is 10.4. The van der Waals surface area contributed by atoms with E-state index >= 15 is 0 Å². The van der Waals surface area contributed by atoms with Gasteiger partial charge in [-0.2, -0.15) is 0 Å². The fourth-order valence-electron chi connectivity index (χ4n) is 1.14. The van der Waals surface area contributed by atoms with E-state index in [0.29, 0.717) is 23.1 Å². The van der Waals surface area contributed by atoms with E-state index in [9.17, 15) is 0 Å². The molecule has 0 saturated heterocycles. The topological polar surface area (TPSA) is 61.0 Å². The van der Waals surface area contributed by atoms with E-state index < -0.39 is 0 Å². The van der Waals surface area contributed by atoms with Crippen LogP contribution in [-0.2, 0) is 5.88 Å². The van der Waals surface area contributed by atoms with E-state index in [1.807, 2.05) is 0 Å². The predicted octanol–water partition coefficient (Wildman–Crippen LogP) is 1.88. The highest BCUT2D eigenvalue weighted by Crippen LogP contribution is 2.27. The van der Waals surface area contributed by atoms with Gasteiger partial charge in [0.05, 0.1) is 18.9 Å². The van der Waals surface area contributed by atoms with E-state index in [0.717, 1.165) is 0 Å². The number of methoxy groups -OCH3 is 1. The van der Waals surface area contributed by atoms with Crippen LogP contribution in [0.2, 0.25) is 0 Å². The first kappa shape index (κ1) is 9.92. The van der Waals surface area contributed by atoms with Gasteiger partial charge in [-0.05, 0) is 6.07 Å². The normalized spacial score (nSPS) is 10.3. The summed E-state index contributed by atoms with van der Waals surface area (Å²) in [7, 11) is 1.55. The van der Waals surface area contributed by atoms with Crippen molar-refractivity contribution < 1.29 is 9.15 Å². The molecule has 0 N–H and O–H groups in total. The van der Waals surface area contributed by atoms with Crippen molar-refractivity contribution in [2.24, 2.45) is 0 Å². The second kappa shape index (κ2) is 4.27. The molecule has 15 heavy (non-hydrogen) atoms. The highest BCUT2D eigenvalue weighted by Gasteiger charge is 2.12. The molecule has 0 bridgehead atoms. The lowest BCUT2D eigenvalue weighted by Crippen LogP contribution is -1.88. The molecule has 0 aliphatic rings. The third-order valence-electron chi connectivity index (χ3n) is 1.82. The highest BCUT2D eigenvalue weighted by atomic mass is 35.5. The molecule has 78 valence electrons. The van der Waals surface area contributed by atoms with Crippen molar-refractivity contribution in [3.63, 3.8) is 0 Å². The van der Waals surface area contributed by atoms with E-state index in [1.165, 1.54) is 0 Å². The van der Waals surface area contributed by atoms with Crippen LogP contribution < -0.4 is 4.74 Å². The van der Waals surface area contributed by atoms with Crippen molar-refractivity contribution >= 4 is 11.6 Å². The van der Waals surface area contributed by atoms with E-state index in [4.69, 9.17) is 20.8 Å². The highest BCUT2D eigenvalue weighted by molar-refractivity contribution is 6.16. The zero-order chi connectivity index (χ0) is 10.7. The van der Waals surface area contributed by atoms with Crippen molar-refractivity contribution in [1.82, 2.24) is 15.2 Å². The number of hydrogen-bond acceptors (Lipinski definition) is 5. The summed E-state index contributed by atoms with van der Waals surface area (Å²) >= 11 is 5.56. The zero-order valence-corrected chi connectivity index (χ0v) is 8.73. The summed E-state index contributed by atoms with van der Waals surface area (Å²) in [6, 6.07) is 1.74. The van der Waals surface area contributed by atoms with E-state index in [2.05, 4.69) is 15.2 Å². The molecule has 5 nitrogen and oxygen atoms in total. The van der Waals surface area contributed by atoms with Gasteiger partial charge in [0.1, 0.15) is 11.6 Å². The minimum Gasteiger partial charge on any atom is -0.494 e. The molecule has 2 aromatic heterocycles. The largest absolute Gasteiger partial charge is 0.494 e. The Morgan fingerprint density at radius 2 is 2.33 bits per heavy atom. The number of ether oxygens (including phenoxy) is 1. The van der Waals surface area contributed by atoms with Gasteiger partial charge in [-0.15, -0.1) is 21.8 Å². The summed E-state index contributed by atoms with van der Waals surface area (Å²) in [5.74, 6) is 1.54. The monoisotopic (exact) mass is 225 g/mol. The first-order chi connectivity index (χ1) is 7.35. The zero-order valence-electron chi connectivity index (χ0n) is 7.98. The quantitative estimate of drug-likeness (QED) is 0.747. The lowest BCUT2D eigenvalue weighted by atomic mass is 10.2. The number of aromatic nitrogens is 3. The van der Waals surface area contributed by atoms with E-state index in [1.54, 1.807) is 25.6 Å². The number of alkyl halides is 1. The lowest BCUT2D eigenvalue weighted by Gasteiger charge is -2.02. The Bertz CT molecular complexity index is 458. The Morgan fingerprint density at radius 3 is 3.00 bits per heavy atom. The molecule has 0 atom stereocenters. The van der Waals surface area contributed by atoms with Crippen molar-refractivity contribution in [3.05, 3.63) is 24.4 Å². The van der Waals surface area contributed by atoms with Gasteiger partial charge in [0.25, 0.3) is 5.89 Å². The summed E-state index contributed by atoms with van der Waals surface area (Å²) in [6.07, 6.45) is 3.21. The van der Waals surface area contributed by atoms with Crippen LogP contribution >= 0.6 is 11.6 Å². The molecule has 0 aliphatic heterocycles. The first-order valence-electron chi connectivity index (χ1n) is 4.22. The van der Waals surface area contributed by atoms with Crippen LogP contribution in [0.1, 0.15) is 5.89 Å².